The maximum Gasteiger partial charge on any atom is 0.337 e. The summed E-state index contributed by atoms with van der Waals surface area (Å²) in [6.45, 7) is 4.24. The van der Waals surface area contributed by atoms with Crippen molar-refractivity contribution < 1.29 is 14.7 Å². The number of carbonyl (C=O) groups excluding carboxylic acids is 1. The minimum atomic E-state index is -1.08. The second-order valence-electron chi connectivity index (χ2n) is 4.17. The predicted molar refractivity (Wildman–Crippen MR) is 69.1 cm³/mol. The normalized spacial score (nSPS) is 19.1. The number of hydrogen-bond acceptors (Lipinski definition) is 2. The zero-order valence-corrected chi connectivity index (χ0v) is 10.4. The minimum absolute atomic E-state index is 0.000887. The number of carboxylic acids is 1. The van der Waals surface area contributed by atoms with E-state index in [1.165, 1.54) is 12.1 Å². The molecule has 0 radical (unpaired) electrons. The largest absolute Gasteiger partial charge is 0.478 e. The summed E-state index contributed by atoms with van der Waals surface area (Å²) >= 11 is 5.88. The van der Waals surface area contributed by atoms with E-state index in [4.69, 9.17) is 16.7 Å². The molecule has 1 aromatic rings. The van der Waals surface area contributed by atoms with Crippen LogP contribution in [0.5, 0.6) is 0 Å². The van der Waals surface area contributed by atoms with Crippen LogP contribution in [0.25, 0.3) is 0 Å². The molecule has 18 heavy (non-hydrogen) atoms. The van der Waals surface area contributed by atoms with Gasteiger partial charge in [-0.15, -0.1) is 6.58 Å². The number of hydrogen-bond donors (Lipinski definition) is 1. The fraction of sp³-hybridized carbons (Fsp3) is 0.231. The Labute approximate surface area is 109 Å². The number of aromatic carboxylic acids is 1. The van der Waals surface area contributed by atoms with Crippen molar-refractivity contribution in [3.8, 4) is 0 Å². The summed E-state index contributed by atoms with van der Waals surface area (Å²) < 4.78 is 0. The molecule has 0 aromatic heterocycles. The lowest BCUT2D eigenvalue weighted by Gasteiger charge is -2.17. The Hall–Kier alpha value is -1.81. The third kappa shape index (κ3) is 2.24. The Morgan fingerprint density at radius 1 is 1.56 bits per heavy atom. The van der Waals surface area contributed by atoms with Gasteiger partial charge in [-0.25, -0.2) is 4.79 Å². The minimum Gasteiger partial charge on any atom is -0.478 e. The Kier molecular flexibility index (Phi) is 3.39. The topological polar surface area (TPSA) is 57.6 Å². The molecule has 1 aliphatic heterocycles. The van der Waals surface area contributed by atoms with Gasteiger partial charge in [-0.2, -0.15) is 0 Å². The number of carbonyl (C=O) groups is 2. The molecule has 4 nitrogen and oxygen atoms in total. The number of rotatable bonds is 3. The molecule has 1 atom stereocenters. The van der Waals surface area contributed by atoms with Crippen LogP contribution in [0.4, 0.5) is 5.69 Å². The maximum absolute atomic E-state index is 11.8. The van der Waals surface area contributed by atoms with Crippen molar-refractivity contribution in [3.63, 3.8) is 0 Å². The first-order valence-corrected chi connectivity index (χ1v) is 5.86. The smallest absolute Gasteiger partial charge is 0.337 e. The number of halogens is 1. The summed E-state index contributed by atoms with van der Waals surface area (Å²) in [4.78, 5) is 24.2. The van der Waals surface area contributed by atoms with Gasteiger partial charge in [-0.05, 0) is 18.2 Å². The van der Waals surface area contributed by atoms with Crippen LogP contribution >= 0.6 is 11.6 Å². The molecule has 1 N–H and O–H groups in total. The molecule has 2 rings (SSSR count). The van der Waals surface area contributed by atoms with Gasteiger partial charge < -0.3 is 10.0 Å². The molecule has 0 bridgehead atoms. The van der Waals surface area contributed by atoms with E-state index in [1.807, 2.05) is 0 Å². The SMILES string of the molecule is C=CC1CC(=O)N(c2ccc(C(=O)O)c(Cl)c2)C1. The van der Waals surface area contributed by atoms with E-state index < -0.39 is 5.97 Å². The average Bonchev–Trinajstić information content (AvgIpc) is 2.70. The van der Waals surface area contributed by atoms with E-state index in [2.05, 4.69) is 6.58 Å². The van der Waals surface area contributed by atoms with E-state index in [1.54, 1.807) is 17.0 Å². The highest BCUT2D eigenvalue weighted by atomic mass is 35.5. The molecule has 1 saturated heterocycles. The summed E-state index contributed by atoms with van der Waals surface area (Å²) in [6, 6.07) is 4.52. The molecule has 1 heterocycles. The summed E-state index contributed by atoms with van der Waals surface area (Å²) in [5.41, 5.74) is 0.659. The lowest BCUT2D eigenvalue weighted by atomic mass is 10.1. The number of benzene rings is 1. The van der Waals surface area contributed by atoms with Crippen LogP contribution in [0.1, 0.15) is 16.8 Å². The van der Waals surface area contributed by atoms with Crippen molar-refractivity contribution in [1.29, 1.82) is 0 Å². The standard InChI is InChI=1S/C13H12ClNO3/c1-2-8-5-12(16)15(7-8)9-3-4-10(13(17)18)11(14)6-9/h2-4,6,8H,1,5,7H2,(H,17,18). The predicted octanol–water partition coefficient (Wildman–Crippen LogP) is 2.58. The fourth-order valence-corrected chi connectivity index (χ4v) is 2.24. The molecular formula is C13H12ClNO3. The van der Waals surface area contributed by atoms with E-state index in [0.717, 1.165) is 0 Å². The molecule has 0 spiro atoms. The van der Waals surface area contributed by atoms with Crippen LogP contribution in [-0.2, 0) is 4.79 Å². The first-order valence-electron chi connectivity index (χ1n) is 5.48. The summed E-state index contributed by atoms with van der Waals surface area (Å²) in [5.74, 6) is -0.947. The molecule has 1 aliphatic rings. The highest BCUT2D eigenvalue weighted by Crippen LogP contribution is 2.29. The maximum atomic E-state index is 11.8. The second-order valence-corrected chi connectivity index (χ2v) is 4.58. The number of anilines is 1. The van der Waals surface area contributed by atoms with Gasteiger partial charge in [0.15, 0.2) is 0 Å². The van der Waals surface area contributed by atoms with E-state index in [-0.39, 0.29) is 22.4 Å². The van der Waals surface area contributed by atoms with Crippen LogP contribution in [0, 0.1) is 5.92 Å². The summed E-state index contributed by atoms with van der Waals surface area (Å²) in [5, 5.41) is 9.01. The lowest BCUT2D eigenvalue weighted by Crippen LogP contribution is -2.24. The molecular weight excluding hydrogens is 254 g/mol. The highest BCUT2D eigenvalue weighted by molar-refractivity contribution is 6.33. The summed E-state index contributed by atoms with van der Waals surface area (Å²) in [7, 11) is 0. The third-order valence-electron chi connectivity index (χ3n) is 2.98. The van der Waals surface area contributed by atoms with Gasteiger partial charge in [0.05, 0.1) is 10.6 Å². The van der Waals surface area contributed by atoms with Crippen LogP contribution in [0.15, 0.2) is 30.9 Å². The van der Waals surface area contributed by atoms with Gasteiger partial charge >= 0.3 is 5.97 Å². The van der Waals surface area contributed by atoms with Crippen molar-refractivity contribution in [1.82, 2.24) is 0 Å². The zero-order chi connectivity index (χ0) is 13.3. The fourth-order valence-electron chi connectivity index (χ4n) is 1.99. The first-order chi connectivity index (χ1) is 8.52. The Balaban J connectivity index is 2.30. The van der Waals surface area contributed by atoms with Crippen molar-refractivity contribution in [2.24, 2.45) is 5.92 Å². The molecule has 0 aliphatic carbocycles. The number of amides is 1. The molecule has 1 fully saturated rings. The van der Waals surface area contributed by atoms with Crippen molar-refractivity contribution in [2.75, 3.05) is 11.4 Å². The van der Waals surface area contributed by atoms with Crippen molar-refractivity contribution in [2.45, 2.75) is 6.42 Å². The number of carboxylic acid groups (broad SMARTS) is 1. The Morgan fingerprint density at radius 2 is 2.28 bits per heavy atom. The van der Waals surface area contributed by atoms with Gasteiger partial charge in [0.1, 0.15) is 0 Å². The van der Waals surface area contributed by atoms with Gasteiger partial charge in [0.2, 0.25) is 5.91 Å². The van der Waals surface area contributed by atoms with Crippen LogP contribution in [0.3, 0.4) is 0 Å². The average molecular weight is 266 g/mol. The first kappa shape index (κ1) is 12.6. The molecule has 0 saturated carbocycles. The molecule has 1 unspecified atom stereocenters. The quantitative estimate of drug-likeness (QED) is 0.855. The van der Waals surface area contributed by atoms with E-state index in [0.29, 0.717) is 18.7 Å². The Bertz CT molecular complexity index is 527. The molecule has 5 heteroatoms. The van der Waals surface area contributed by atoms with Gasteiger partial charge in [0, 0.05) is 24.6 Å². The Morgan fingerprint density at radius 3 is 2.78 bits per heavy atom. The number of nitrogens with zero attached hydrogens (tertiary/aromatic N) is 1. The zero-order valence-electron chi connectivity index (χ0n) is 9.60. The van der Waals surface area contributed by atoms with Crippen molar-refractivity contribution in [3.05, 3.63) is 41.4 Å². The van der Waals surface area contributed by atoms with E-state index in [9.17, 15) is 9.59 Å². The van der Waals surface area contributed by atoms with Gasteiger partial charge in [-0.3, -0.25) is 4.79 Å². The monoisotopic (exact) mass is 265 g/mol. The summed E-state index contributed by atoms with van der Waals surface area (Å²) in [6.07, 6.45) is 2.19. The van der Waals surface area contributed by atoms with Crippen LogP contribution in [-0.4, -0.2) is 23.5 Å². The third-order valence-corrected chi connectivity index (χ3v) is 3.30. The molecule has 94 valence electrons. The van der Waals surface area contributed by atoms with Crippen LogP contribution in [0.2, 0.25) is 5.02 Å². The van der Waals surface area contributed by atoms with Crippen molar-refractivity contribution >= 4 is 29.2 Å². The van der Waals surface area contributed by atoms with Crippen LogP contribution < -0.4 is 4.90 Å². The van der Waals surface area contributed by atoms with Gasteiger partial charge in [-0.1, -0.05) is 17.7 Å². The second kappa shape index (κ2) is 4.82. The van der Waals surface area contributed by atoms with Gasteiger partial charge in [0.25, 0.3) is 0 Å². The highest BCUT2D eigenvalue weighted by Gasteiger charge is 2.29. The molecule has 1 amide bonds. The lowest BCUT2D eigenvalue weighted by molar-refractivity contribution is -0.117. The van der Waals surface area contributed by atoms with E-state index >= 15 is 0 Å². The molecule has 1 aromatic carbocycles.